The highest BCUT2D eigenvalue weighted by Gasteiger charge is 2.01. The number of rotatable bonds is 5. The normalized spacial score (nSPS) is 10.7. The minimum atomic E-state index is 0.671. The molecule has 0 aliphatic carbocycles. The molecule has 0 unspecified atom stereocenters. The van der Waals surface area contributed by atoms with E-state index >= 15 is 0 Å². The first-order valence-electron chi connectivity index (χ1n) is 4.45. The van der Waals surface area contributed by atoms with E-state index in [4.69, 9.17) is 4.89 Å². The molecular formula is C10H16O2S. The van der Waals surface area contributed by atoms with Gasteiger partial charge in [0.25, 0.3) is 0 Å². The minimum absolute atomic E-state index is 0.671. The summed E-state index contributed by atoms with van der Waals surface area (Å²) in [5.41, 5.74) is 1.45. The average Bonchev–Trinajstić information content (AvgIpc) is 2.39. The molecule has 0 radical (unpaired) electrons. The van der Waals surface area contributed by atoms with E-state index in [0.29, 0.717) is 6.61 Å². The lowest BCUT2D eigenvalue weighted by Crippen LogP contribution is -1.95. The Morgan fingerprint density at radius 1 is 1.38 bits per heavy atom. The third kappa shape index (κ3) is 3.46. The zero-order valence-electron chi connectivity index (χ0n) is 8.42. The molecule has 0 atom stereocenters. The molecule has 0 N–H and O–H groups in total. The lowest BCUT2D eigenvalue weighted by atomic mass is 10.1. The Morgan fingerprint density at radius 2 is 2.15 bits per heavy atom. The van der Waals surface area contributed by atoms with Crippen LogP contribution in [0.2, 0.25) is 0 Å². The van der Waals surface area contributed by atoms with Crippen molar-refractivity contribution in [1.29, 1.82) is 0 Å². The quantitative estimate of drug-likeness (QED) is 0.413. The van der Waals surface area contributed by atoms with Crippen LogP contribution in [-0.2, 0) is 16.2 Å². The van der Waals surface area contributed by atoms with E-state index in [0.717, 1.165) is 12.8 Å². The zero-order chi connectivity index (χ0) is 9.68. The van der Waals surface area contributed by atoms with Crippen LogP contribution in [0.5, 0.6) is 0 Å². The summed E-state index contributed by atoms with van der Waals surface area (Å²) in [6, 6.07) is 2.26. The summed E-state index contributed by atoms with van der Waals surface area (Å²) in [7, 11) is 1.54. The molecule has 74 valence electrons. The number of hydrogen-bond acceptors (Lipinski definition) is 3. The van der Waals surface area contributed by atoms with Crippen molar-refractivity contribution in [2.24, 2.45) is 0 Å². The van der Waals surface area contributed by atoms with Crippen LogP contribution >= 0.6 is 11.3 Å². The Bertz CT molecular complexity index is 255. The van der Waals surface area contributed by atoms with Crippen molar-refractivity contribution in [3.8, 4) is 0 Å². The van der Waals surface area contributed by atoms with Crippen molar-refractivity contribution in [2.75, 3.05) is 13.7 Å². The van der Waals surface area contributed by atoms with Crippen molar-refractivity contribution >= 4 is 11.3 Å². The zero-order valence-corrected chi connectivity index (χ0v) is 9.24. The SMILES string of the molecule is COOCCCc1cc(C)sc1C. The van der Waals surface area contributed by atoms with Crippen LogP contribution in [0.1, 0.15) is 21.7 Å². The van der Waals surface area contributed by atoms with Gasteiger partial charge in [-0.3, -0.25) is 0 Å². The standard InChI is InChI=1S/C10H16O2S/c1-8-7-10(9(2)13-8)5-4-6-12-11-3/h7H,4-6H2,1-3H3. The second-order valence-corrected chi connectivity index (χ2v) is 4.49. The van der Waals surface area contributed by atoms with Gasteiger partial charge in [-0.05, 0) is 38.3 Å². The molecule has 0 saturated carbocycles. The first kappa shape index (κ1) is 10.7. The smallest absolute Gasteiger partial charge is 0.0825 e. The summed E-state index contributed by atoms with van der Waals surface area (Å²) in [5, 5.41) is 0. The first-order chi connectivity index (χ1) is 6.24. The van der Waals surface area contributed by atoms with Crippen molar-refractivity contribution < 1.29 is 9.78 Å². The Morgan fingerprint density at radius 3 is 2.69 bits per heavy atom. The van der Waals surface area contributed by atoms with Gasteiger partial charge in [0.2, 0.25) is 0 Å². The maximum atomic E-state index is 4.81. The highest BCUT2D eigenvalue weighted by Crippen LogP contribution is 2.21. The molecule has 0 aliphatic heterocycles. The molecule has 1 aromatic heterocycles. The lowest BCUT2D eigenvalue weighted by Gasteiger charge is -1.99. The monoisotopic (exact) mass is 200 g/mol. The van der Waals surface area contributed by atoms with E-state index in [1.165, 1.54) is 15.3 Å². The molecule has 0 bridgehead atoms. The summed E-state index contributed by atoms with van der Waals surface area (Å²) in [6.45, 7) is 4.99. The van der Waals surface area contributed by atoms with E-state index in [1.807, 2.05) is 11.3 Å². The molecule has 3 heteroatoms. The van der Waals surface area contributed by atoms with Crippen LogP contribution in [-0.4, -0.2) is 13.7 Å². The number of thiophene rings is 1. The van der Waals surface area contributed by atoms with Gasteiger partial charge in [-0.2, -0.15) is 0 Å². The summed E-state index contributed by atoms with van der Waals surface area (Å²) in [6.07, 6.45) is 2.10. The molecule has 0 aromatic carbocycles. The van der Waals surface area contributed by atoms with Crippen molar-refractivity contribution in [1.82, 2.24) is 0 Å². The fraction of sp³-hybridized carbons (Fsp3) is 0.600. The fourth-order valence-electron chi connectivity index (χ4n) is 1.34. The molecule has 2 nitrogen and oxygen atoms in total. The van der Waals surface area contributed by atoms with Crippen LogP contribution in [0.4, 0.5) is 0 Å². The maximum Gasteiger partial charge on any atom is 0.0825 e. The van der Waals surface area contributed by atoms with E-state index in [9.17, 15) is 0 Å². The van der Waals surface area contributed by atoms with Crippen molar-refractivity contribution in [3.05, 3.63) is 21.4 Å². The molecule has 1 heterocycles. The van der Waals surface area contributed by atoms with Gasteiger partial charge in [-0.25, -0.2) is 9.78 Å². The van der Waals surface area contributed by atoms with Gasteiger partial charge >= 0.3 is 0 Å². The minimum Gasteiger partial charge on any atom is -0.240 e. The van der Waals surface area contributed by atoms with Crippen LogP contribution in [0.15, 0.2) is 6.07 Å². The summed E-state index contributed by atoms with van der Waals surface area (Å²) in [5.74, 6) is 0. The molecule has 0 aliphatic rings. The van der Waals surface area contributed by atoms with E-state index in [2.05, 4.69) is 24.8 Å². The Labute approximate surface area is 83.4 Å². The van der Waals surface area contributed by atoms with Crippen LogP contribution in [0.25, 0.3) is 0 Å². The molecular weight excluding hydrogens is 184 g/mol. The average molecular weight is 200 g/mol. The molecule has 0 fully saturated rings. The molecule has 0 amide bonds. The Kier molecular flexibility index (Phi) is 4.42. The number of hydrogen-bond donors (Lipinski definition) is 0. The fourth-order valence-corrected chi connectivity index (χ4v) is 2.31. The Balaban J connectivity index is 2.32. The van der Waals surface area contributed by atoms with Crippen molar-refractivity contribution in [3.63, 3.8) is 0 Å². The highest BCUT2D eigenvalue weighted by atomic mass is 32.1. The lowest BCUT2D eigenvalue weighted by molar-refractivity contribution is -0.272. The summed E-state index contributed by atoms with van der Waals surface area (Å²) in [4.78, 5) is 12.1. The van der Waals surface area contributed by atoms with Gasteiger partial charge in [-0.1, -0.05) is 0 Å². The van der Waals surface area contributed by atoms with E-state index < -0.39 is 0 Å². The molecule has 1 rings (SSSR count). The van der Waals surface area contributed by atoms with E-state index in [-0.39, 0.29) is 0 Å². The van der Waals surface area contributed by atoms with Gasteiger partial charge in [0.15, 0.2) is 0 Å². The second-order valence-electron chi connectivity index (χ2n) is 3.03. The third-order valence-electron chi connectivity index (χ3n) is 1.94. The largest absolute Gasteiger partial charge is 0.240 e. The molecule has 13 heavy (non-hydrogen) atoms. The second kappa shape index (κ2) is 5.37. The Hall–Kier alpha value is -0.380. The first-order valence-corrected chi connectivity index (χ1v) is 5.27. The predicted molar refractivity (Wildman–Crippen MR) is 55.1 cm³/mol. The van der Waals surface area contributed by atoms with Gasteiger partial charge in [0.1, 0.15) is 0 Å². The summed E-state index contributed by atoms with van der Waals surface area (Å²) < 4.78 is 0. The van der Waals surface area contributed by atoms with Crippen molar-refractivity contribution in [2.45, 2.75) is 26.7 Å². The maximum absolute atomic E-state index is 4.81. The van der Waals surface area contributed by atoms with Gasteiger partial charge in [0, 0.05) is 9.75 Å². The molecule has 0 spiro atoms. The van der Waals surface area contributed by atoms with Crippen LogP contribution < -0.4 is 0 Å². The summed E-state index contributed by atoms with van der Waals surface area (Å²) >= 11 is 1.86. The highest BCUT2D eigenvalue weighted by molar-refractivity contribution is 7.12. The van der Waals surface area contributed by atoms with Gasteiger partial charge < -0.3 is 0 Å². The topological polar surface area (TPSA) is 18.5 Å². The predicted octanol–water partition coefficient (Wildman–Crippen LogP) is 2.88. The number of aryl methyl sites for hydroxylation is 3. The molecule has 0 saturated heterocycles. The van der Waals surface area contributed by atoms with Crippen LogP contribution in [0, 0.1) is 13.8 Å². The van der Waals surface area contributed by atoms with Crippen LogP contribution in [0.3, 0.4) is 0 Å². The van der Waals surface area contributed by atoms with Gasteiger partial charge in [-0.15, -0.1) is 11.3 Å². The third-order valence-corrected chi connectivity index (χ3v) is 2.94. The van der Waals surface area contributed by atoms with E-state index in [1.54, 1.807) is 7.11 Å². The van der Waals surface area contributed by atoms with Gasteiger partial charge in [0.05, 0.1) is 13.7 Å². The molecule has 1 aromatic rings.